The molecule has 0 heterocycles. The van der Waals surface area contributed by atoms with Crippen molar-refractivity contribution in [2.24, 2.45) is 0 Å². The van der Waals surface area contributed by atoms with Crippen LogP contribution in [0.5, 0.6) is 0 Å². The monoisotopic (exact) mass is 392 g/mol. The lowest BCUT2D eigenvalue weighted by Gasteiger charge is -2.31. The van der Waals surface area contributed by atoms with Crippen molar-refractivity contribution in [3.05, 3.63) is 70.8 Å². The molecule has 2 saturated carbocycles. The molecule has 0 aliphatic heterocycles. The quantitative estimate of drug-likeness (QED) is 0.645. The third-order valence-corrected chi connectivity index (χ3v) is 6.97. The minimum atomic E-state index is -0.304. The highest BCUT2D eigenvalue weighted by molar-refractivity contribution is 5.36. The lowest BCUT2D eigenvalue weighted by molar-refractivity contribution is 0.125. The molecule has 4 heteroatoms. The predicted molar refractivity (Wildman–Crippen MR) is 115 cm³/mol. The van der Waals surface area contributed by atoms with Crippen LogP contribution in [-0.2, 0) is 12.8 Å². The van der Waals surface area contributed by atoms with Gasteiger partial charge in [0.2, 0.25) is 0 Å². The van der Waals surface area contributed by atoms with Crippen molar-refractivity contribution >= 4 is 0 Å². The van der Waals surface area contributed by atoms with Gasteiger partial charge in [0, 0.05) is 24.2 Å². The number of benzene rings is 2. The highest BCUT2D eigenvalue weighted by Gasteiger charge is 2.35. The van der Waals surface area contributed by atoms with E-state index in [0.717, 1.165) is 24.0 Å². The van der Waals surface area contributed by atoms with Crippen molar-refractivity contribution in [2.75, 3.05) is 0 Å². The van der Waals surface area contributed by atoms with E-state index in [-0.39, 0.29) is 24.3 Å². The summed E-state index contributed by atoms with van der Waals surface area (Å²) in [6, 6.07) is 18.2. The normalized spacial score (nSPS) is 30.1. The maximum atomic E-state index is 10.1. The molecule has 6 rings (SSSR count). The van der Waals surface area contributed by atoms with Gasteiger partial charge >= 0.3 is 0 Å². The molecule has 0 radical (unpaired) electrons. The summed E-state index contributed by atoms with van der Waals surface area (Å²) in [5.41, 5.74) is 4.85. The van der Waals surface area contributed by atoms with E-state index in [1.165, 1.54) is 43.2 Å². The summed E-state index contributed by atoms with van der Waals surface area (Å²) in [6.45, 7) is 0. The zero-order valence-corrected chi connectivity index (χ0v) is 16.9. The maximum Gasteiger partial charge on any atom is 0.0948 e. The number of rotatable bonds is 4. The molecule has 0 bridgehead atoms. The molecule has 4 N–H and O–H groups in total. The number of hydrogen-bond donors (Lipinski definition) is 4. The van der Waals surface area contributed by atoms with Gasteiger partial charge in [0.15, 0.2) is 0 Å². The molecule has 29 heavy (non-hydrogen) atoms. The Kier molecular flexibility index (Phi) is 5.44. The van der Waals surface area contributed by atoms with Gasteiger partial charge in [-0.1, -0.05) is 55.0 Å². The number of aliphatic hydroxyl groups is 2. The minimum absolute atomic E-state index is 0.243. The second-order valence-corrected chi connectivity index (χ2v) is 9.14. The third kappa shape index (κ3) is 4.13. The van der Waals surface area contributed by atoms with E-state index < -0.39 is 0 Å². The second kappa shape index (κ2) is 8.19. The van der Waals surface area contributed by atoms with Crippen molar-refractivity contribution in [1.29, 1.82) is 0 Å². The fourth-order valence-corrected chi connectivity index (χ4v) is 4.88. The molecular weight excluding hydrogens is 360 g/mol. The summed E-state index contributed by atoms with van der Waals surface area (Å²) in [7, 11) is 0. The van der Waals surface area contributed by atoms with E-state index in [2.05, 4.69) is 28.8 Å². The lowest BCUT2D eigenvalue weighted by Crippen LogP contribution is -2.44. The Bertz CT molecular complexity index is 846. The number of nitrogens with one attached hydrogen (secondary N) is 2. The van der Waals surface area contributed by atoms with Crippen LogP contribution in [0.2, 0.25) is 0 Å². The van der Waals surface area contributed by atoms with Gasteiger partial charge < -0.3 is 20.8 Å². The molecule has 4 aliphatic rings. The van der Waals surface area contributed by atoms with E-state index in [0.29, 0.717) is 12.1 Å². The summed E-state index contributed by atoms with van der Waals surface area (Å²) in [5.74, 6) is 0. The van der Waals surface area contributed by atoms with Crippen LogP contribution >= 0.6 is 0 Å². The summed E-state index contributed by atoms with van der Waals surface area (Å²) >= 11 is 0. The van der Waals surface area contributed by atoms with Crippen LogP contribution in [0.4, 0.5) is 0 Å². The van der Waals surface area contributed by atoms with Crippen molar-refractivity contribution in [3.63, 3.8) is 0 Å². The average molecular weight is 393 g/mol. The molecule has 154 valence electrons. The lowest BCUT2D eigenvalue weighted by atomic mass is 9.92. The SMILES string of the molecule is OC1c2ccccc2C[C@@H]1NC1CC1.OC1c2ccccc2C[C@@H]1NC1CCC1. The molecular formula is C25H32N2O2. The molecule has 2 fully saturated rings. The average Bonchev–Trinajstić information content (AvgIpc) is 3.40. The molecule has 0 spiro atoms. The van der Waals surface area contributed by atoms with Crippen LogP contribution in [0.1, 0.15) is 66.6 Å². The van der Waals surface area contributed by atoms with Crippen molar-refractivity contribution in [2.45, 2.75) is 81.3 Å². The van der Waals surface area contributed by atoms with E-state index in [1.54, 1.807) is 0 Å². The fourth-order valence-electron chi connectivity index (χ4n) is 4.88. The molecule has 0 amide bonds. The van der Waals surface area contributed by atoms with Gasteiger partial charge in [-0.25, -0.2) is 0 Å². The molecule has 2 aromatic rings. The van der Waals surface area contributed by atoms with E-state index in [9.17, 15) is 10.2 Å². The van der Waals surface area contributed by atoms with Gasteiger partial charge in [-0.2, -0.15) is 0 Å². The summed E-state index contributed by atoms with van der Waals surface area (Å²) < 4.78 is 0. The first-order valence-corrected chi connectivity index (χ1v) is 11.2. The topological polar surface area (TPSA) is 64.5 Å². The Morgan fingerprint density at radius 3 is 1.45 bits per heavy atom. The van der Waals surface area contributed by atoms with E-state index >= 15 is 0 Å². The van der Waals surface area contributed by atoms with Gasteiger partial charge in [-0.05, 0) is 60.8 Å². The minimum Gasteiger partial charge on any atom is -0.387 e. The zero-order chi connectivity index (χ0) is 19.8. The third-order valence-electron chi connectivity index (χ3n) is 6.97. The van der Waals surface area contributed by atoms with Gasteiger partial charge in [0.05, 0.1) is 12.2 Å². The van der Waals surface area contributed by atoms with Crippen molar-refractivity contribution in [1.82, 2.24) is 10.6 Å². The number of aliphatic hydroxyl groups excluding tert-OH is 2. The number of fused-ring (bicyclic) bond motifs is 2. The zero-order valence-electron chi connectivity index (χ0n) is 16.9. The van der Waals surface area contributed by atoms with Crippen LogP contribution in [0.15, 0.2) is 48.5 Å². The van der Waals surface area contributed by atoms with Crippen molar-refractivity contribution in [3.8, 4) is 0 Å². The first kappa shape index (κ1) is 19.3. The van der Waals surface area contributed by atoms with Gasteiger partial charge in [-0.15, -0.1) is 0 Å². The Balaban J connectivity index is 0.000000125. The highest BCUT2D eigenvalue weighted by Crippen LogP contribution is 2.34. The smallest absolute Gasteiger partial charge is 0.0948 e. The molecule has 2 unspecified atom stereocenters. The Labute approximate surface area is 173 Å². The van der Waals surface area contributed by atoms with E-state index in [1.807, 2.05) is 30.3 Å². The Morgan fingerprint density at radius 2 is 1.07 bits per heavy atom. The maximum absolute atomic E-state index is 10.1. The first-order chi connectivity index (χ1) is 14.2. The van der Waals surface area contributed by atoms with Gasteiger partial charge in [0.25, 0.3) is 0 Å². The van der Waals surface area contributed by atoms with E-state index in [4.69, 9.17) is 0 Å². The Morgan fingerprint density at radius 1 is 0.621 bits per heavy atom. The molecule has 4 atom stereocenters. The van der Waals surface area contributed by atoms with Gasteiger partial charge in [-0.3, -0.25) is 0 Å². The fraction of sp³-hybridized carbons (Fsp3) is 0.520. The Hall–Kier alpha value is -1.72. The molecule has 0 aromatic heterocycles. The van der Waals surface area contributed by atoms with Crippen LogP contribution in [0, 0.1) is 0 Å². The summed E-state index contributed by atoms with van der Waals surface area (Å²) in [4.78, 5) is 0. The number of hydrogen-bond acceptors (Lipinski definition) is 4. The summed E-state index contributed by atoms with van der Waals surface area (Å²) in [6.07, 6.45) is 7.81. The molecule has 2 aromatic carbocycles. The second-order valence-electron chi connectivity index (χ2n) is 9.14. The van der Waals surface area contributed by atoms with Crippen LogP contribution in [0.25, 0.3) is 0 Å². The molecule has 4 nitrogen and oxygen atoms in total. The predicted octanol–water partition coefficient (Wildman–Crippen LogP) is 3.18. The highest BCUT2D eigenvalue weighted by atomic mass is 16.3. The molecule has 0 saturated heterocycles. The van der Waals surface area contributed by atoms with Crippen LogP contribution in [-0.4, -0.2) is 34.4 Å². The first-order valence-electron chi connectivity index (χ1n) is 11.2. The molecule has 4 aliphatic carbocycles. The standard InChI is InChI=1S/C13H17NO.C12H15NO/c15-13-11-7-2-1-4-9(11)8-12(13)14-10-5-3-6-10;14-12-10-4-2-1-3-8(10)7-11(12)13-9-5-6-9/h1-2,4,7,10,12-15H,3,5-6,8H2;1-4,9,11-14H,5-7H2/t12-,13?;11-,12?/m00/s1. The van der Waals surface area contributed by atoms with Crippen LogP contribution in [0.3, 0.4) is 0 Å². The summed E-state index contributed by atoms with van der Waals surface area (Å²) in [5, 5.41) is 27.3. The van der Waals surface area contributed by atoms with Crippen LogP contribution < -0.4 is 10.6 Å². The largest absolute Gasteiger partial charge is 0.387 e. The van der Waals surface area contributed by atoms with Gasteiger partial charge in [0.1, 0.15) is 0 Å². The van der Waals surface area contributed by atoms with Crippen molar-refractivity contribution < 1.29 is 10.2 Å².